The van der Waals surface area contributed by atoms with Crippen molar-refractivity contribution in [3.05, 3.63) is 95.2 Å². The SMILES string of the molecule is CC.COc1ccc2c(Oc3cccc(C(=O)NCc4cccc(C)c4)c3C)ccnc2c1. The van der Waals surface area contributed by atoms with E-state index in [-0.39, 0.29) is 5.91 Å². The Balaban J connectivity index is 0.00000149. The highest BCUT2D eigenvalue weighted by Gasteiger charge is 2.14. The first kappa shape index (κ1) is 23.8. The number of nitrogens with zero attached hydrogens (tertiary/aromatic N) is 1. The van der Waals surface area contributed by atoms with Crippen LogP contribution in [-0.4, -0.2) is 18.0 Å². The highest BCUT2D eigenvalue weighted by atomic mass is 16.5. The molecule has 0 atom stereocenters. The molecule has 0 bridgehead atoms. The standard InChI is InChI=1S/C26H24N2O3.C2H6/c1-17-6-4-7-19(14-17)16-28-26(29)21-8-5-9-24(18(21)2)31-25-12-13-27-23-15-20(30-3)10-11-22(23)25;1-2/h4-15H,16H2,1-3H3,(H,28,29);1-2H3. The number of carbonyl (C=O) groups excluding carboxylic acids is 1. The van der Waals surface area contributed by atoms with Gasteiger partial charge < -0.3 is 14.8 Å². The number of fused-ring (bicyclic) bond motifs is 1. The summed E-state index contributed by atoms with van der Waals surface area (Å²) in [6, 6.07) is 21.1. The Morgan fingerprint density at radius 3 is 2.48 bits per heavy atom. The first-order valence-electron chi connectivity index (χ1n) is 11.1. The fraction of sp³-hybridized carbons (Fsp3) is 0.214. The molecule has 0 fully saturated rings. The molecule has 0 aliphatic heterocycles. The third-order valence-electron chi connectivity index (χ3n) is 5.19. The van der Waals surface area contributed by atoms with Crippen molar-refractivity contribution in [3.8, 4) is 17.2 Å². The number of pyridine rings is 1. The Labute approximate surface area is 195 Å². The van der Waals surface area contributed by atoms with Crippen LogP contribution in [0.15, 0.2) is 72.9 Å². The van der Waals surface area contributed by atoms with E-state index in [1.54, 1.807) is 13.3 Å². The number of ether oxygens (including phenoxy) is 2. The Morgan fingerprint density at radius 2 is 1.73 bits per heavy atom. The van der Waals surface area contributed by atoms with Gasteiger partial charge >= 0.3 is 0 Å². The van der Waals surface area contributed by atoms with Crippen LogP contribution in [0.1, 0.15) is 40.9 Å². The summed E-state index contributed by atoms with van der Waals surface area (Å²) in [5.74, 6) is 1.91. The molecule has 1 amide bonds. The van der Waals surface area contributed by atoms with Crippen LogP contribution in [0.5, 0.6) is 17.2 Å². The Bertz CT molecular complexity index is 1250. The Kier molecular flexibility index (Phi) is 8.03. The van der Waals surface area contributed by atoms with Gasteiger partial charge in [-0.2, -0.15) is 0 Å². The third kappa shape index (κ3) is 5.69. The van der Waals surface area contributed by atoms with Gasteiger partial charge in [-0.15, -0.1) is 0 Å². The lowest BCUT2D eigenvalue weighted by Crippen LogP contribution is -2.23. The van der Waals surface area contributed by atoms with Gasteiger partial charge in [0.2, 0.25) is 0 Å². The van der Waals surface area contributed by atoms with Crippen LogP contribution in [0.3, 0.4) is 0 Å². The van der Waals surface area contributed by atoms with Gasteiger partial charge in [-0.1, -0.05) is 49.7 Å². The van der Waals surface area contributed by atoms with Crippen molar-refractivity contribution in [1.82, 2.24) is 10.3 Å². The zero-order valence-electron chi connectivity index (χ0n) is 19.8. The van der Waals surface area contributed by atoms with Crippen molar-refractivity contribution in [2.24, 2.45) is 0 Å². The summed E-state index contributed by atoms with van der Waals surface area (Å²) in [5, 5.41) is 3.87. The maximum absolute atomic E-state index is 12.8. The van der Waals surface area contributed by atoms with E-state index >= 15 is 0 Å². The zero-order valence-corrected chi connectivity index (χ0v) is 19.8. The number of aromatic nitrogens is 1. The minimum absolute atomic E-state index is 0.131. The molecule has 1 N–H and O–H groups in total. The number of benzene rings is 3. The van der Waals surface area contributed by atoms with Gasteiger partial charge in [0.25, 0.3) is 5.91 Å². The van der Waals surface area contributed by atoms with Crippen molar-refractivity contribution >= 4 is 16.8 Å². The number of hydrogen-bond donors (Lipinski definition) is 1. The summed E-state index contributed by atoms with van der Waals surface area (Å²) in [5.41, 5.74) is 4.38. The van der Waals surface area contributed by atoms with E-state index < -0.39 is 0 Å². The minimum atomic E-state index is -0.131. The molecule has 4 rings (SSSR count). The molecular weight excluding hydrogens is 412 g/mol. The summed E-state index contributed by atoms with van der Waals surface area (Å²) in [6.07, 6.45) is 1.70. The van der Waals surface area contributed by atoms with Crippen molar-refractivity contribution in [2.75, 3.05) is 7.11 Å². The number of carbonyl (C=O) groups is 1. The molecule has 0 saturated carbocycles. The highest BCUT2D eigenvalue weighted by molar-refractivity contribution is 5.96. The molecule has 5 heteroatoms. The average Bonchev–Trinajstić information content (AvgIpc) is 2.85. The summed E-state index contributed by atoms with van der Waals surface area (Å²) < 4.78 is 11.5. The molecular formula is C28H30N2O3. The molecule has 0 aliphatic carbocycles. The van der Waals surface area contributed by atoms with Crippen LogP contribution in [0.25, 0.3) is 10.9 Å². The second kappa shape index (κ2) is 11.1. The van der Waals surface area contributed by atoms with Crippen molar-refractivity contribution in [2.45, 2.75) is 34.2 Å². The van der Waals surface area contributed by atoms with Gasteiger partial charge in [-0.05, 0) is 49.7 Å². The topological polar surface area (TPSA) is 60.5 Å². The molecule has 4 aromatic rings. The van der Waals surface area contributed by atoms with Gasteiger partial charge in [0.15, 0.2) is 0 Å². The van der Waals surface area contributed by atoms with Crippen LogP contribution in [0, 0.1) is 13.8 Å². The number of methoxy groups -OCH3 is 1. The normalized spacial score (nSPS) is 10.2. The van der Waals surface area contributed by atoms with Crippen LogP contribution in [0.2, 0.25) is 0 Å². The zero-order chi connectivity index (χ0) is 23.8. The van der Waals surface area contributed by atoms with Gasteiger partial charge in [0.05, 0.1) is 12.6 Å². The predicted molar refractivity (Wildman–Crippen MR) is 133 cm³/mol. The fourth-order valence-electron chi connectivity index (χ4n) is 3.51. The number of nitrogens with one attached hydrogen (secondary N) is 1. The molecule has 3 aromatic carbocycles. The fourth-order valence-corrected chi connectivity index (χ4v) is 3.51. The lowest BCUT2D eigenvalue weighted by Gasteiger charge is -2.14. The molecule has 0 spiro atoms. The van der Waals surface area contributed by atoms with Gasteiger partial charge in [-0.3, -0.25) is 9.78 Å². The monoisotopic (exact) mass is 442 g/mol. The van der Waals surface area contributed by atoms with Gasteiger partial charge in [-0.25, -0.2) is 0 Å². The molecule has 1 aromatic heterocycles. The number of aryl methyl sites for hydroxylation is 1. The molecule has 1 heterocycles. The number of hydrogen-bond acceptors (Lipinski definition) is 4. The number of amides is 1. The summed E-state index contributed by atoms with van der Waals surface area (Å²) >= 11 is 0. The van der Waals surface area contributed by atoms with Gasteiger partial charge in [0, 0.05) is 35.3 Å². The Hall–Kier alpha value is -3.86. The Morgan fingerprint density at radius 1 is 0.939 bits per heavy atom. The molecule has 33 heavy (non-hydrogen) atoms. The van der Waals surface area contributed by atoms with Gasteiger partial charge in [0.1, 0.15) is 17.2 Å². The number of rotatable bonds is 6. The van der Waals surface area contributed by atoms with E-state index in [0.717, 1.165) is 27.8 Å². The van der Waals surface area contributed by atoms with E-state index in [0.29, 0.717) is 23.6 Å². The lowest BCUT2D eigenvalue weighted by molar-refractivity contribution is 0.0950. The predicted octanol–water partition coefficient (Wildman–Crippen LogP) is 6.61. The molecule has 0 unspecified atom stereocenters. The molecule has 0 saturated heterocycles. The largest absolute Gasteiger partial charge is 0.497 e. The summed E-state index contributed by atoms with van der Waals surface area (Å²) in [6.45, 7) is 8.40. The molecule has 170 valence electrons. The quantitative estimate of drug-likeness (QED) is 0.365. The van der Waals surface area contributed by atoms with Crippen LogP contribution >= 0.6 is 0 Å². The van der Waals surface area contributed by atoms with Crippen molar-refractivity contribution in [3.63, 3.8) is 0 Å². The second-order valence-electron chi connectivity index (χ2n) is 7.39. The van der Waals surface area contributed by atoms with Crippen molar-refractivity contribution < 1.29 is 14.3 Å². The van der Waals surface area contributed by atoms with E-state index in [9.17, 15) is 4.79 Å². The molecule has 0 aliphatic rings. The van der Waals surface area contributed by atoms with Crippen LogP contribution in [-0.2, 0) is 6.54 Å². The van der Waals surface area contributed by atoms with E-state index in [1.165, 1.54) is 5.56 Å². The molecule has 0 radical (unpaired) electrons. The first-order valence-corrected chi connectivity index (χ1v) is 11.1. The maximum atomic E-state index is 12.8. The smallest absolute Gasteiger partial charge is 0.251 e. The van der Waals surface area contributed by atoms with Crippen molar-refractivity contribution in [1.29, 1.82) is 0 Å². The van der Waals surface area contributed by atoms with E-state index in [1.807, 2.05) is 88.4 Å². The average molecular weight is 443 g/mol. The second-order valence-corrected chi connectivity index (χ2v) is 7.39. The summed E-state index contributed by atoms with van der Waals surface area (Å²) in [7, 11) is 1.63. The summed E-state index contributed by atoms with van der Waals surface area (Å²) in [4.78, 5) is 17.2. The molecule has 5 nitrogen and oxygen atoms in total. The van der Waals surface area contributed by atoms with Crippen LogP contribution < -0.4 is 14.8 Å². The minimum Gasteiger partial charge on any atom is -0.497 e. The highest BCUT2D eigenvalue weighted by Crippen LogP contribution is 2.33. The lowest BCUT2D eigenvalue weighted by atomic mass is 10.1. The van der Waals surface area contributed by atoms with Crippen LogP contribution in [0.4, 0.5) is 0 Å². The third-order valence-corrected chi connectivity index (χ3v) is 5.19. The maximum Gasteiger partial charge on any atom is 0.251 e. The first-order chi connectivity index (χ1) is 16.0. The van der Waals surface area contributed by atoms with E-state index in [4.69, 9.17) is 9.47 Å². The van der Waals surface area contributed by atoms with E-state index in [2.05, 4.69) is 16.4 Å².